The van der Waals surface area contributed by atoms with E-state index in [9.17, 15) is 9.90 Å². The van der Waals surface area contributed by atoms with E-state index in [-0.39, 0.29) is 12.6 Å². The van der Waals surface area contributed by atoms with Gasteiger partial charge in [0.15, 0.2) is 5.82 Å². The van der Waals surface area contributed by atoms with Crippen molar-refractivity contribution in [2.75, 3.05) is 41.3 Å². The van der Waals surface area contributed by atoms with Gasteiger partial charge in [-0.25, -0.2) is 4.98 Å². The third-order valence-electron chi connectivity index (χ3n) is 5.19. The lowest BCUT2D eigenvalue weighted by Gasteiger charge is -2.40. The van der Waals surface area contributed by atoms with Crippen LogP contribution >= 0.6 is 0 Å². The summed E-state index contributed by atoms with van der Waals surface area (Å²) in [7, 11) is 0. The molecule has 146 valence electrons. The molecule has 2 aromatic heterocycles. The molecule has 7 heteroatoms. The number of aldehydes is 1. The van der Waals surface area contributed by atoms with Gasteiger partial charge in [-0.3, -0.25) is 0 Å². The van der Waals surface area contributed by atoms with Gasteiger partial charge in [-0.05, 0) is 36.8 Å². The van der Waals surface area contributed by atoms with E-state index in [4.69, 9.17) is 0 Å². The molecule has 1 unspecified atom stereocenters. The van der Waals surface area contributed by atoms with Gasteiger partial charge in [0.2, 0.25) is 0 Å². The maximum Gasteiger partial charge on any atom is 0.152 e. The van der Waals surface area contributed by atoms with Crippen LogP contribution in [0, 0.1) is 0 Å². The summed E-state index contributed by atoms with van der Waals surface area (Å²) < 4.78 is 0. The number of piperazine rings is 1. The number of rotatable bonds is 6. The number of nitrogens with one attached hydrogen (secondary N) is 2. The molecule has 1 fully saturated rings. The summed E-state index contributed by atoms with van der Waals surface area (Å²) in [4.78, 5) is 24.1. The third kappa shape index (κ3) is 3.41. The molecular formula is C21H25N5O2. The van der Waals surface area contributed by atoms with E-state index in [0.717, 1.165) is 53.2 Å². The lowest BCUT2D eigenvalue weighted by Crippen LogP contribution is -2.54. The van der Waals surface area contributed by atoms with Gasteiger partial charge in [0.25, 0.3) is 0 Å². The first-order chi connectivity index (χ1) is 13.7. The van der Waals surface area contributed by atoms with Gasteiger partial charge in [0.05, 0.1) is 12.3 Å². The van der Waals surface area contributed by atoms with Crippen LogP contribution in [0.25, 0.3) is 10.9 Å². The van der Waals surface area contributed by atoms with E-state index in [2.05, 4.69) is 38.1 Å². The van der Waals surface area contributed by atoms with Gasteiger partial charge in [0, 0.05) is 43.3 Å². The molecular weight excluding hydrogens is 354 g/mol. The van der Waals surface area contributed by atoms with E-state index in [1.165, 1.54) is 0 Å². The van der Waals surface area contributed by atoms with E-state index in [1.54, 1.807) is 6.20 Å². The minimum Gasteiger partial charge on any atom is -0.392 e. The molecule has 1 aliphatic rings. The highest BCUT2D eigenvalue weighted by atomic mass is 16.3. The number of H-pyrrole nitrogens is 1. The number of hydrogen-bond donors (Lipinski definition) is 3. The molecule has 1 atom stereocenters. The number of aromatic amines is 1. The Bertz CT molecular complexity index is 970. The lowest BCUT2D eigenvalue weighted by atomic mass is 10.1. The van der Waals surface area contributed by atoms with Crippen LogP contribution in [0.4, 0.5) is 17.3 Å². The second-order valence-electron chi connectivity index (χ2n) is 6.98. The Morgan fingerprint density at radius 2 is 2.21 bits per heavy atom. The van der Waals surface area contributed by atoms with E-state index >= 15 is 0 Å². The maximum atomic E-state index is 11.9. The molecule has 1 aliphatic heterocycles. The Balaban J connectivity index is 1.58. The first kappa shape index (κ1) is 18.3. The van der Waals surface area contributed by atoms with Crippen LogP contribution in [-0.2, 0) is 11.4 Å². The zero-order valence-corrected chi connectivity index (χ0v) is 15.9. The fraction of sp³-hybridized carbons (Fsp3) is 0.333. The van der Waals surface area contributed by atoms with Crippen LogP contribution in [0.5, 0.6) is 0 Å². The number of aromatic nitrogens is 2. The number of hydrogen-bond acceptors (Lipinski definition) is 6. The Hall–Kier alpha value is -3.06. The van der Waals surface area contributed by atoms with Crippen LogP contribution < -0.4 is 15.1 Å². The van der Waals surface area contributed by atoms with Gasteiger partial charge in [-0.15, -0.1) is 0 Å². The first-order valence-corrected chi connectivity index (χ1v) is 9.61. The van der Waals surface area contributed by atoms with E-state index < -0.39 is 0 Å². The molecule has 0 bridgehead atoms. The monoisotopic (exact) mass is 379 g/mol. The fourth-order valence-corrected chi connectivity index (χ4v) is 3.81. The van der Waals surface area contributed by atoms with Gasteiger partial charge in [-0.2, -0.15) is 0 Å². The van der Waals surface area contributed by atoms with Crippen molar-refractivity contribution in [3.8, 4) is 0 Å². The van der Waals surface area contributed by atoms with Crippen molar-refractivity contribution in [2.24, 2.45) is 0 Å². The number of aliphatic hydroxyl groups excluding tert-OH is 1. The summed E-state index contributed by atoms with van der Waals surface area (Å²) in [5.74, 6) is 1.81. The summed E-state index contributed by atoms with van der Waals surface area (Å²) in [5, 5.41) is 13.8. The molecule has 4 rings (SSSR count). The van der Waals surface area contributed by atoms with E-state index in [1.807, 2.05) is 30.3 Å². The van der Waals surface area contributed by atoms with Crippen LogP contribution in [0.3, 0.4) is 0 Å². The highest BCUT2D eigenvalue weighted by Gasteiger charge is 2.29. The Labute approximate surface area is 164 Å². The summed E-state index contributed by atoms with van der Waals surface area (Å²) in [5.41, 5.74) is 2.82. The van der Waals surface area contributed by atoms with Crippen molar-refractivity contribution in [2.45, 2.75) is 19.6 Å². The van der Waals surface area contributed by atoms with Gasteiger partial charge >= 0.3 is 0 Å². The summed E-state index contributed by atoms with van der Waals surface area (Å²) in [6, 6.07) is 11.6. The number of carbonyl (C=O) groups is 1. The maximum absolute atomic E-state index is 11.9. The fourth-order valence-electron chi connectivity index (χ4n) is 3.81. The van der Waals surface area contributed by atoms with Crippen LogP contribution in [0.15, 0.2) is 42.6 Å². The molecule has 0 spiro atoms. The number of anilines is 3. The first-order valence-electron chi connectivity index (χ1n) is 9.61. The van der Waals surface area contributed by atoms with Crippen molar-refractivity contribution in [3.63, 3.8) is 0 Å². The van der Waals surface area contributed by atoms with Crippen molar-refractivity contribution in [1.29, 1.82) is 0 Å². The van der Waals surface area contributed by atoms with Crippen molar-refractivity contribution >= 4 is 34.5 Å². The van der Waals surface area contributed by atoms with Crippen LogP contribution in [0.2, 0.25) is 0 Å². The number of carbonyl (C=O) groups excluding carboxylic acids is 1. The highest BCUT2D eigenvalue weighted by molar-refractivity contribution is 5.85. The molecule has 0 radical (unpaired) electrons. The second kappa shape index (κ2) is 7.90. The Kier molecular flexibility index (Phi) is 5.16. The summed E-state index contributed by atoms with van der Waals surface area (Å²) in [6.07, 6.45) is 2.79. The topological polar surface area (TPSA) is 84.5 Å². The van der Waals surface area contributed by atoms with Gasteiger partial charge in [0.1, 0.15) is 18.1 Å². The normalized spacial score (nSPS) is 17.1. The average molecular weight is 379 g/mol. The van der Waals surface area contributed by atoms with E-state index in [0.29, 0.717) is 13.1 Å². The molecule has 28 heavy (non-hydrogen) atoms. The second-order valence-corrected chi connectivity index (χ2v) is 6.98. The molecule has 3 aromatic rings. The quantitative estimate of drug-likeness (QED) is 0.571. The average Bonchev–Trinajstić information content (AvgIpc) is 3.17. The molecule has 3 N–H and O–H groups in total. The number of fused-ring (bicyclic) bond motifs is 1. The van der Waals surface area contributed by atoms with Crippen molar-refractivity contribution < 1.29 is 9.90 Å². The smallest absolute Gasteiger partial charge is 0.152 e. The minimum absolute atomic E-state index is 0.0120. The van der Waals surface area contributed by atoms with Crippen LogP contribution in [-0.4, -0.2) is 53.6 Å². The van der Waals surface area contributed by atoms with Gasteiger partial charge in [-0.1, -0.05) is 12.1 Å². The molecule has 1 saturated heterocycles. The van der Waals surface area contributed by atoms with Crippen molar-refractivity contribution in [1.82, 2.24) is 9.97 Å². The number of aliphatic hydroxyl groups is 1. The Morgan fingerprint density at radius 1 is 1.32 bits per heavy atom. The SMILES string of the molecule is CCNc1cccnc1N1CCN(c2cc3ccc(CO)cc3[nH]2)C(C=O)C1. The van der Waals surface area contributed by atoms with Gasteiger partial charge < -0.3 is 30.0 Å². The molecule has 0 saturated carbocycles. The lowest BCUT2D eigenvalue weighted by molar-refractivity contribution is -0.109. The van der Waals surface area contributed by atoms with Crippen molar-refractivity contribution in [3.05, 3.63) is 48.2 Å². The molecule has 0 aliphatic carbocycles. The molecule has 7 nitrogen and oxygen atoms in total. The third-order valence-corrected chi connectivity index (χ3v) is 5.19. The largest absolute Gasteiger partial charge is 0.392 e. The zero-order chi connectivity index (χ0) is 19.5. The predicted octanol–water partition coefficient (Wildman–Crippen LogP) is 2.38. The molecule has 1 aromatic carbocycles. The summed E-state index contributed by atoms with van der Waals surface area (Å²) >= 11 is 0. The predicted molar refractivity (Wildman–Crippen MR) is 112 cm³/mol. The number of pyridine rings is 1. The van der Waals surface area contributed by atoms with Crippen LogP contribution in [0.1, 0.15) is 12.5 Å². The minimum atomic E-state index is -0.268. The highest BCUT2D eigenvalue weighted by Crippen LogP contribution is 2.29. The molecule has 3 heterocycles. The zero-order valence-electron chi connectivity index (χ0n) is 15.9. The molecule has 0 amide bonds. The number of nitrogens with zero attached hydrogens (tertiary/aromatic N) is 3. The summed E-state index contributed by atoms with van der Waals surface area (Å²) in [6.45, 7) is 4.96. The Morgan fingerprint density at radius 3 is 3.00 bits per heavy atom. The standard InChI is InChI=1S/C21H25N5O2/c1-2-22-18-4-3-7-23-21(18)25-8-9-26(17(12-25)14-28)20-11-16-6-5-15(13-27)10-19(16)24-20/h3-7,10-11,14,17,22,24,27H,2,8-9,12-13H2,1H3. The number of benzene rings is 1.